The molecular weight excluding hydrogens is 312 g/mol. The smallest absolute Gasteiger partial charge is 0.0596 e. The Morgan fingerprint density at radius 3 is 1.24 bits per heavy atom. The Bertz CT molecular complexity index is 376. The van der Waals surface area contributed by atoms with Crippen molar-refractivity contribution in [3.63, 3.8) is 0 Å². The molecule has 0 heterocycles. The second-order valence-corrected chi connectivity index (χ2v) is 9.73. The van der Waals surface area contributed by atoms with Crippen molar-refractivity contribution in [3.8, 4) is 0 Å². The van der Waals surface area contributed by atoms with E-state index in [0.717, 1.165) is 51.4 Å². The highest BCUT2D eigenvalue weighted by Crippen LogP contribution is 2.42. The van der Waals surface area contributed by atoms with Crippen LogP contribution in [0.15, 0.2) is 0 Å². The lowest BCUT2D eigenvalue weighted by Crippen LogP contribution is -2.41. The van der Waals surface area contributed by atoms with Gasteiger partial charge in [-0.2, -0.15) is 0 Å². The van der Waals surface area contributed by atoms with Crippen LogP contribution in [0.3, 0.4) is 0 Å². The minimum Gasteiger partial charge on any atom is -0.393 e. The lowest BCUT2D eigenvalue weighted by atomic mass is 9.67. The molecule has 0 bridgehead atoms. The first-order chi connectivity index (χ1) is 12.0. The Kier molecular flexibility index (Phi) is 6.84. The quantitative estimate of drug-likeness (QED) is 0.713. The van der Waals surface area contributed by atoms with Crippen LogP contribution in [0, 0.1) is 35.5 Å². The number of aliphatic hydroxyl groups excluding tert-OH is 3. The van der Waals surface area contributed by atoms with Gasteiger partial charge in [-0.1, -0.05) is 33.1 Å². The van der Waals surface area contributed by atoms with Gasteiger partial charge in [-0.3, -0.25) is 0 Å². The molecule has 0 aromatic heterocycles. The largest absolute Gasteiger partial charge is 0.393 e. The SMILES string of the molecule is CC1CCCC(CC2CCCC(CC3CCCC(C)C3O)C2O)C1O. The molecular formula is C22H40O3. The Morgan fingerprint density at radius 2 is 0.840 bits per heavy atom. The molecule has 3 rings (SSSR count). The maximum atomic E-state index is 11.0. The first-order valence-electron chi connectivity index (χ1n) is 11.0. The van der Waals surface area contributed by atoms with E-state index in [9.17, 15) is 15.3 Å². The van der Waals surface area contributed by atoms with Gasteiger partial charge in [-0.05, 0) is 86.9 Å². The van der Waals surface area contributed by atoms with Crippen molar-refractivity contribution in [2.24, 2.45) is 35.5 Å². The van der Waals surface area contributed by atoms with Gasteiger partial charge in [0.2, 0.25) is 0 Å². The Labute approximate surface area is 154 Å². The number of aliphatic hydroxyl groups is 3. The van der Waals surface area contributed by atoms with Gasteiger partial charge in [0.15, 0.2) is 0 Å². The summed E-state index contributed by atoms with van der Waals surface area (Å²) in [5.74, 6) is 2.27. The van der Waals surface area contributed by atoms with E-state index >= 15 is 0 Å². The van der Waals surface area contributed by atoms with Crippen LogP contribution >= 0.6 is 0 Å². The van der Waals surface area contributed by atoms with Gasteiger partial charge in [-0.15, -0.1) is 0 Å². The van der Waals surface area contributed by atoms with E-state index in [-0.39, 0.29) is 18.3 Å². The summed E-state index contributed by atoms with van der Waals surface area (Å²) in [6.45, 7) is 4.34. The molecule has 146 valence electrons. The third kappa shape index (κ3) is 4.59. The molecule has 3 heteroatoms. The molecule has 3 saturated carbocycles. The average molecular weight is 353 g/mol. The molecule has 0 radical (unpaired) electrons. The fourth-order valence-electron chi connectivity index (χ4n) is 6.19. The molecule has 8 unspecified atom stereocenters. The van der Waals surface area contributed by atoms with Gasteiger partial charge in [0.1, 0.15) is 0 Å². The summed E-state index contributed by atoms with van der Waals surface area (Å²) in [4.78, 5) is 0. The zero-order valence-corrected chi connectivity index (χ0v) is 16.3. The van der Waals surface area contributed by atoms with Gasteiger partial charge in [0.25, 0.3) is 0 Å². The lowest BCUT2D eigenvalue weighted by Gasteiger charge is -2.42. The topological polar surface area (TPSA) is 60.7 Å². The summed E-state index contributed by atoms with van der Waals surface area (Å²) < 4.78 is 0. The van der Waals surface area contributed by atoms with Crippen molar-refractivity contribution >= 4 is 0 Å². The van der Waals surface area contributed by atoms with Crippen molar-refractivity contribution in [1.29, 1.82) is 0 Å². The van der Waals surface area contributed by atoms with Gasteiger partial charge in [0, 0.05) is 0 Å². The molecule has 0 spiro atoms. The number of hydrogen-bond acceptors (Lipinski definition) is 3. The van der Waals surface area contributed by atoms with Crippen LogP contribution in [0.1, 0.15) is 84.5 Å². The molecule has 3 nitrogen and oxygen atoms in total. The van der Waals surface area contributed by atoms with Gasteiger partial charge in [-0.25, -0.2) is 0 Å². The second-order valence-electron chi connectivity index (χ2n) is 9.73. The van der Waals surface area contributed by atoms with Gasteiger partial charge >= 0.3 is 0 Å². The van der Waals surface area contributed by atoms with Gasteiger partial charge in [0.05, 0.1) is 18.3 Å². The zero-order valence-electron chi connectivity index (χ0n) is 16.3. The van der Waals surface area contributed by atoms with Crippen molar-refractivity contribution < 1.29 is 15.3 Å². The maximum Gasteiger partial charge on any atom is 0.0596 e. The van der Waals surface area contributed by atoms with Crippen molar-refractivity contribution in [2.75, 3.05) is 0 Å². The summed E-state index contributed by atoms with van der Waals surface area (Å²) in [5.41, 5.74) is 0. The first-order valence-corrected chi connectivity index (χ1v) is 11.0. The minimum absolute atomic E-state index is 0.178. The third-order valence-corrected chi connectivity index (χ3v) is 7.93. The standard InChI is InChI=1S/C22H40O3/c1-14-6-3-8-16(20(14)23)12-18-10-5-11-19(22(18)25)13-17-9-4-7-15(2)21(17)24/h14-25H,3-13H2,1-2H3. The van der Waals surface area contributed by atoms with Crippen LogP contribution in [-0.2, 0) is 0 Å². The molecule has 3 fully saturated rings. The number of hydrogen-bond donors (Lipinski definition) is 3. The molecule has 8 atom stereocenters. The second kappa shape index (κ2) is 8.71. The molecule has 3 N–H and O–H groups in total. The van der Waals surface area contributed by atoms with E-state index in [1.165, 1.54) is 19.3 Å². The first kappa shape index (κ1) is 19.6. The fourth-order valence-corrected chi connectivity index (χ4v) is 6.19. The zero-order chi connectivity index (χ0) is 18.0. The average Bonchev–Trinajstić information content (AvgIpc) is 2.59. The Hall–Kier alpha value is -0.120. The van der Waals surface area contributed by atoms with Crippen LogP contribution in [0.4, 0.5) is 0 Å². The van der Waals surface area contributed by atoms with Crippen molar-refractivity contribution in [2.45, 2.75) is 103 Å². The molecule has 25 heavy (non-hydrogen) atoms. The summed E-state index contributed by atoms with van der Waals surface area (Å²) in [6.07, 6.45) is 11.8. The van der Waals surface area contributed by atoms with Crippen LogP contribution in [0.2, 0.25) is 0 Å². The van der Waals surface area contributed by atoms with E-state index < -0.39 is 0 Å². The van der Waals surface area contributed by atoms with Crippen molar-refractivity contribution in [3.05, 3.63) is 0 Å². The van der Waals surface area contributed by atoms with Crippen LogP contribution in [-0.4, -0.2) is 33.6 Å². The summed E-state index contributed by atoms with van der Waals surface area (Å²) in [5, 5.41) is 32.1. The monoisotopic (exact) mass is 352 g/mol. The molecule has 0 aliphatic heterocycles. The summed E-state index contributed by atoms with van der Waals surface area (Å²) in [7, 11) is 0. The van der Waals surface area contributed by atoms with Crippen molar-refractivity contribution in [1.82, 2.24) is 0 Å². The summed E-state index contributed by atoms with van der Waals surface area (Å²) in [6, 6.07) is 0. The van der Waals surface area contributed by atoms with E-state index in [2.05, 4.69) is 13.8 Å². The predicted molar refractivity (Wildman–Crippen MR) is 101 cm³/mol. The summed E-state index contributed by atoms with van der Waals surface area (Å²) >= 11 is 0. The molecule has 3 aliphatic carbocycles. The Morgan fingerprint density at radius 1 is 0.520 bits per heavy atom. The van der Waals surface area contributed by atoms with E-state index in [0.29, 0.717) is 35.5 Å². The highest BCUT2D eigenvalue weighted by molar-refractivity contribution is 4.90. The highest BCUT2D eigenvalue weighted by Gasteiger charge is 2.39. The van der Waals surface area contributed by atoms with E-state index in [4.69, 9.17) is 0 Å². The maximum absolute atomic E-state index is 11.0. The highest BCUT2D eigenvalue weighted by atomic mass is 16.3. The molecule has 0 amide bonds. The van der Waals surface area contributed by atoms with Crippen LogP contribution in [0.5, 0.6) is 0 Å². The van der Waals surface area contributed by atoms with E-state index in [1.807, 2.05) is 0 Å². The van der Waals surface area contributed by atoms with E-state index in [1.54, 1.807) is 0 Å². The lowest BCUT2D eigenvalue weighted by molar-refractivity contribution is -0.0476. The van der Waals surface area contributed by atoms with Crippen LogP contribution in [0.25, 0.3) is 0 Å². The fraction of sp³-hybridized carbons (Fsp3) is 1.00. The molecule has 0 aromatic rings. The molecule has 0 saturated heterocycles. The predicted octanol–water partition coefficient (Wildman–Crippen LogP) is 4.14. The third-order valence-electron chi connectivity index (χ3n) is 7.93. The minimum atomic E-state index is -0.234. The molecule has 3 aliphatic rings. The van der Waals surface area contributed by atoms with Gasteiger partial charge < -0.3 is 15.3 Å². The van der Waals surface area contributed by atoms with Crippen LogP contribution < -0.4 is 0 Å². The Balaban J connectivity index is 1.56. The number of rotatable bonds is 4. The molecule has 0 aromatic carbocycles. The normalized spacial score (nSPS) is 49.1.